The van der Waals surface area contributed by atoms with Crippen molar-refractivity contribution in [1.82, 2.24) is 14.3 Å². The van der Waals surface area contributed by atoms with Gasteiger partial charge in [0.15, 0.2) is 6.23 Å². The Morgan fingerprint density at radius 3 is 2.82 bits per heavy atom. The number of aliphatic hydroxyl groups is 1. The number of nitrogens with zero attached hydrogens (tertiary/aromatic N) is 2. The van der Waals surface area contributed by atoms with Gasteiger partial charge in [0.1, 0.15) is 15.1 Å². The van der Waals surface area contributed by atoms with E-state index < -0.39 is 16.1 Å². The van der Waals surface area contributed by atoms with Crippen molar-refractivity contribution in [2.24, 2.45) is 13.0 Å². The number of aryl methyl sites for hydroxylation is 2. The Morgan fingerprint density at radius 1 is 1.33 bits per heavy atom. The van der Waals surface area contributed by atoms with Crippen LogP contribution >= 0.6 is 11.6 Å². The molecular formula is C24H28ClN5O2S. The molecule has 0 radical (unpaired) electrons. The quantitative estimate of drug-likeness (QED) is 0.286. The molecule has 3 heterocycles. The molecule has 3 aromatic rings. The second kappa shape index (κ2) is 9.69. The van der Waals surface area contributed by atoms with E-state index in [0.29, 0.717) is 27.0 Å². The fourth-order valence-corrected chi connectivity index (χ4v) is 5.89. The highest BCUT2D eigenvalue weighted by Crippen LogP contribution is 2.32. The molecule has 4 rings (SSSR count). The summed E-state index contributed by atoms with van der Waals surface area (Å²) in [6, 6.07) is 13.3. The minimum atomic E-state index is -3.27. The molecule has 0 saturated carbocycles. The third-order valence-corrected chi connectivity index (χ3v) is 7.70. The van der Waals surface area contributed by atoms with Gasteiger partial charge in [-0.1, -0.05) is 61.0 Å². The van der Waals surface area contributed by atoms with Gasteiger partial charge in [0.25, 0.3) is 0 Å². The summed E-state index contributed by atoms with van der Waals surface area (Å²) in [7, 11) is -1.51. The van der Waals surface area contributed by atoms with Gasteiger partial charge in [-0.3, -0.25) is 0 Å². The summed E-state index contributed by atoms with van der Waals surface area (Å²) < 4.78 is 26.8. The number of nitrogens with one attached hydrogen (secondary N) is 3. The molecule has 174 valence electrons. The topological polar surface area (TPSA) is 103 Å². The van der Waals surface area contributed by atoms with Crippen molar-refractivity contribution >= 4 is 33.3 Å². The average molecular weight is 486 g/mol. The van der Waals surface area contributed by atoms with E-state index in [0.717, 1.165) is 12.8 Å². The van der Waals surface area contributed by atoms with Crippen LogP contribution in [0.3, 0.4) is 0 Å². The lowest BCUT2D eigenvalue weighted by Crippen LogP contribution is -2.36. The summed E-state index contributed by atoms with van der Waals surface area (Å²) in [5.41, 5.74) is 2.97. The van der Waals surface area contributed by atoms with Gasteiger partial charge < -0.3 is 15.0 Å². The molecule has 7 nitrogen and oxygen atoms in total. The number of rotatable bonds is 7. The lowest BCUT2D eigenvalue weighted by Gasteiger charge is -2.22. The molecule has 4 atom stereocenters. The van der Waals surface area contributed by atoms with Crippen LogP contribution in [-0.4, -0.2) is 24.9 Å². The molecule has 2 aromatic heterocycles. The molecule has 0 aliphatic carbocycles. The Labute approximate surface area is 199 Å². The molecular weight excluding hydrogens is 458 g/mol. The Kier molecular flexibility index (Phi) is 6.90. The third-order valence-electron chi connectivity index (χ3n) is 5.95. The van der Waals surface area contributed by atoms with Crippen LogP contribution in [-0.2, 0) is 23.4 Å². The maximum absolute atomic E-state index is 13.4. The molecule has 9 heteroatoms. The highest BCUT2D eigenvalue weighted by atomic mass is 35.5. The highest BCUT2D eigenvalue weighted by molar-refractivity contribution is 7.90. The number of fused-ring (bicyclic) bond motifs is 1. The zero-order valence-electron chi connectivity index (χ0n) is 18.5. The van der Waals surface area contributed by atoms with Crippen molar-refractivity contribution in [3.05, 3.63) is 82.9 Å². The van der Waals surface area contributed by atoms with Crippen LogP contribution in [0, 0.1) is 10.7 Å². The molecule has 33 heavy (non-hydrogen) atoms. The van der Waals surface area contributed by atoms with Gasteiger partial charge in [-0.15, -0.1) is 0 Å². The molecule has 1 aliphatic rings. The van der Waals surface area contributed by atoms with E-state index in [2.05, 4.69) is 34.1 Å². The monoisotopic (exact) mass is 485 g/mol. The number of pyridine rings is 1. The van der Waals surface area contributed by atoms with Gasteiger partial charge >= 0.3 is 0 Å². The van der Waals surface area contributed by atoms with E-state index in [1.54, 1.807) is 36.1 Å². The fourth-order valence-electron chi connectivity index (χ4n) is 4.11. The predicted octanol–water partition coefficient (Wildman–Crippen LogP) is 4.75. The van der Waals surface area contributed by atoms with E-state index >= 15 is 0 Å². The van der Waals surface area contributed by atoms with Crippen LogP contribution in [0.5, 0.6) is 0 Å². The van der Waals surface area contributed by atoms with Crippen molar-refractivity contribution in [3.8, 4) is 0 Å². The molecule has 1 aliphatic heterocycles. The van der Waals surface area contributed by atoms with Crippen LogP contribution in [0.25, 0.3) is 6.08 Å². The number of hydrogen-bond donors (Lipinski definition) is 4. The van der Waals surface area contributed by atoms with E-state index in [1.165, 1.54) is 5.56 Å². The first kappa shape index (κ1) is 23.5. The number of halogens is 1. The fraction of sp³-hybridized carbons (Fsp3) is 0.292. The van der Waals surface area contributed by atoms with E-state index in [-0.39, 0.29) is 12.0 Å². The van der Waals surface area contributed by atoms with E-state index in [1.807, 2.05) is 30.4 Å². The first-order valence-electron chi connectivity index (χ1n) is 10.8. The Morgan fingerprint density at radius 2 is 2.09 bits per heavy atom. The minimum Gasteiger partial charge on any atom is -0.368 e. The smallest absolute Gasteiger partial charge is 0.166 e. The van der Waals surface area contributed by atoms with E-state index in [4.69, 9.17) is 16.4 Å². The summed E-state index contributed by atoms with van der Waals surface area (Å²) in [5.74, 6) is 0.163. The van der Waals surface area contributed by atoms with Crippen LogP contribution < -0.4 is 10.0 Å². The first-order chi connectivity index (χ1) is 15.7. The van der Waals surface area contributed by atoms with Crippen molar-refractivity contribution in [2.45, 2.75) is 36.9 Å². The van der Waals surface area contributed by atoms with Crippen molar-refractivity contribution in [3.63, 3.8) is 0 Å². The first-order valence-corrected chi connectivity index (χ1v) is 12.7. The normalized spacial score (nSPS) is 21.8. The highest BCUT2D eigenvalue weighted by Gasteiger charge is 2.30. The number of anilines is 1. The molecule has 0 fully saturated rings. The third kappa shape index (κ3) is 5.30. The zero-order chi connectivity index (χ0) is 23.6. The summed E-state index contributed by atoms with van der Waals surface area (Å²) in [6.07, 6.45) is 7.72. The van der Waals surface area contributed by atoms with Crippen LogP contribution in [0.4, 0.5) is 5.69 Å². The van der Waals surface area contributed by atoms with Gasteiger partial charge in [0, 0.05) is 36.7 Å². The Balaban J connectivity index is 1.58. The SMILES string of the molecule is C[C@@H](CCc1ccccc1)[C@H]1C=Cc2c(cn(C)c2C(O)Nc2ccnc(Cl)c2)S(=N)(=O)N1. The van der Waals surface area contributed by atoms with E-state index in [9.17, 15) is 9.32 Å². The Bertz CT molecular complexity index is 1260. The molecule has 0 spiro atoms. The summed E-state index contributed by atoms with van der Waals surface area (Å²) >= 11 is 5.95. The lowest BCUT2D eigenvalue weighted by atomic mass is 9.94. The standard InChI is InChI=1S/C24H28ClN5O2S/c1-16(8-9-17-6-4-3-5-7-17)20-11-10-19-21(33(26,32)29-20)15-30(2)23(19)24(31)28-18-12-13-27-22(25)14-18/h3-7,10-16,20,24,31H,8-9H2,1-2H3,(H,27,28)(H2,26,29,32)/t16-,20+,24?,33?/m0/s1. The maximum Gasteiger partial charge on any atom is 0.166 e. The maximum atomic E-state index is 13.4. The summed E-state index contributed by atoms with van der Waals surface area (Å²) in [5, 5.41) is 14.2. The van der Waals surface area contributed by atoms with Gasteiger partial charge in [-0.25, -0.2) is 18.7 Å². The molecule has 0 saturated heterocycles. The largest absolute Gasteiger partial charge is 0.368 e. The number of aliphatic hydroxyl groups excluding tert-OH is 1. The second-order valence-electron chi connectivity index (χ2n) is 8.38. The van der Waals surface area contributed by atoms with Gasteiger partial charge in [-0.2, -0.15) is 0 Å². The lowest BCUT2D eigenvalue weighted by molar-refractivity contribution is 0.199. The molecule has 0 amide bonds. The van der Waals surface area contributed by atoms with Gasteiger partial charge in [0.2, 0.25) is 0 Å². The average Bonchev–Trinajstić information content (AvgIpc) is 3.06. The Hall–Kier alpha value is -2.65. The molecule has 1 aromatic carbocycles. The summed E-state index contributed by atoms with van der Waals surface area (Å²) in [6.45, 7) is 2.10. The van der Waals surface area contributed by atoms with Gasteiger partial charge in [-0.05, 0) is 36.5 Å². The number of benzene rings is 1. The molecule has 4 N–H and O–H groups in total. The van der Waals surface area contributed by atoms with Crippen molar-refractivity contribution in [2.75, 3.05) is 5.32 Å². The molecule has 0 bridgehead atoms. The van der Waals surface area contributed by atoms with Crippen LogP contribution in [0.15, 0.2) is 65.8 Å². The van der Waals surface area contributed by atoms with Crippen LogP contribution in [0.2, 0.25) is 5.15 Å². The predicted molar refractivity (Wildman–Crippen MR) is 132 cm³/mol. The van der Waals surface area contributed by atoms with Crippen molar-refractivity contribution in [1.29, 1.82) is 4.78 Å². The number of aromatic nitrogens is 2. The van der Waals surface area contributed by atoms with Crippen LogP contribution in [0.1, 0.15) is 36.4 Å². The number of hydrogen-bond acceptors (Lipinski definition) is 5. The molecule has 2 unspecified atom stereocenters. The second-order valence-corrected chi connectivity index (χ2v) is 10.6. The van der Waals surface area contributed by atoms with Gasteiger partial charge in [0.05, 0.1) is 10.6 Å². The zero-order valence-corrected chi connectivity index (χ0v) is 20.1. The minimum absolute atomic E-state index is 0.163. The van der Waals surface area contributed by atoms with Crippen molar-refractivity contribution < 1.29 is 9.32 Å². The summed E-state index contributed by atoms with van der Waals surface area (Å²) in [4.78, 5) is 4.31.